The van der Waals surface area contributed by atoms with E-state index in [0.717, 1.165) is 4.90 Å². The molecule has 1 aromatic carbocycles. The lowest BCUT2D eigenvalue weighted by molar-refractivity contribution is -0.132. The molecule has 27 heavy (non-hydrogen) atoms. The molecule has 0 spiro atoms. The molecular formula is C19H20N2O6. The molecule has 2 heterocycles. The number of urea groups is 1. The van der Waals surface area contributed by atoms with Crippen LogP contribution in [0.1, 0.15) is 30.0 Å². The minimum absolute atomic E-state index is 0.0558. The number of aliphatic hydroxyl groups excluding tert-OH is 1. The summed E-state index contributed by atoms with van der Waals surface area (Å²) >= 11 is 0. The van der Waals surface area contributed by atoms with Crippen LogP contribution in [0.15, 0.2) is 47.1 Å². The fourth-order valence-corrected chi connectivity index (χ4v) is 2.83. The van der Waals surface area contributed by atoms with Crippen LogP contribution in [0.4, 0.5) is 4.79 Å². The van der Waals surface area contributed by atoms with Gasteiger partial charge in [-0.05, 0) is 50.2 Å². The number of furan rings is 1. The zero-order chi connectivity index (χ0) is 19.6. The normalized spacial score (nSPS) is 20.5. The lowest BCUT2D eigenvalue weighted by atomic mass is 9.99. The molecule has 3 amide bonds. The number of rotatable bonds is 7. The predicted octanol–water partition coefficient (Wildman–Crippen LogP) is 1.69. The molecule has 8 heteroatoms. The van der Waals surface area contributed by atoms with Gasteiger partial charge in [-0.15, -0.1) is 0 Å². The molecule has 1 aromatic heterocycles. The van der Waals surface area contributed by atoms with E-state index in [1.807, 2.05) is 0 Å². The van der Waals surface area contributed by atoms with Gasteiger partial charge in [0.2, 0.25) is 0 Å². The zero-order valence-corrected chi connectivity index (χ0v) is 15.0. The maximum Gasteiger partial charge on any atom is 0.325 e. The largest absolute Gasteiger partial charge is 0.491 e. The Morgan fingerprint density at radius 1 is 1.30 bits per heavy atom. The number of nitrogens with zero attached hydrogens (tertiary/aromatic N) is 1. The van der Waals surface area contributed by atoms with Gasteiger partial charge in [-0.2, -0.15) is 0 Å². The summed E-state index contributed by atoms with van der Waals surface area (Å²) < 4.78 is 10.7. The number of carbonyl (C=O) groups excluding carboxylic acids is 3. The van der Waals surface area contributed by atoms with Crippen LogP contribution in [0.2, 0.25) is 0 Å². The van der Waals surface area contributed by atoms with Crippen LogP contribution >= 0.6 is 0 Å². The molecule has 1 aliphatic heterocycles. The summed E-state index contributed by atoms with van der Waals surface area (Å²) in [6.07, 6.45) is 0.342. The van der Waals surface area contributed by atoms with E-state index in [0.29, 0.717) is 17.1 Å². The van der Waals surface area contributed by atoms with E-state index in [-0.39, 0.29) is 18.9 Å². The zero-order valence-electron chi connectivity index (χ0n) is 15.0. The number of benzene rings is 1. The van der Waals surface area contributed by atoms with Gasteiger partial charge < -0.3 is 19.6 Å². The molecule has 0 unspecified atom stereocenters. The molecule has 142 valence electrons. The number of ketones is 1. The molecule has 1 saturated heterocycles. The van der Waals surface area contributed by atoms with Crippen LogP contribution in [0.3, 0.4) is 0 Å². The Balaban J connectivity index is 1.59. The molecule has 0 radical (unpaired) electrons. The first-order valence-corrected chi connectivity index (χ1v) is 8.41. The van der Waals surface area contributed by atoms with E-state index in [9.17, 15) is 19.5 Å². The van der Waals surface area contributed by atoms with E-state index in [2.05, 4.69) is 5.32 Å². The van der Waals surface area contributed by atoms with Crippen LogP contribution in [0, 0.1) is 0 Å². The van der Waals surface area contributed by atoms with Gasteiger partial charge in [-0.25, -0.2) is 4.79 Å². The van der Waals surface area contributed by atoms with Crippen molar-refractivity contribution in [2.24, 2.45) is 0 Å². The highest BCUT2D eigenvalue weighted by Gasteiger charge is 2.51. The van der Waals surface area contributed by atoms with Crippen LogP contribution in [0.25, 0.3) is 0 Å². The van der Waals surface area contributed by atoms with Crippen LogP contribution in [-0.4, -0.2) is 47.0 Å². The highest BCUT2D eigenvalue weighted by Crippen LogP contribution is 2.29. The van der Waals surface area contributed by atoms with E-state index in [1.165, 1.54) is 13.2 Å². The third-order valence-corrected chi connectivity index (χ3v) is 4.39. The minimum atomic E-state index is -1.30. The Morgan fingerprint density at radius 3 is 2.59 bits per heavy atom. The molecule has 2 aromatic rings. The molecule has 2 atom stereocenters. The number of amides is 3. The molecule has 1 aliphatic rings. The molecule has 0 bridgehead atoms. The number of nitrogens with one attached hydrogen (secondary N) is 1. The van der Waals surface area contributed by atoms with Crippen LogP contribution < -0.4 is 10.1 Å². The molecule has 1 fully saturated rings. The topological polar surface area (TPSA) is 109 Å². The highest BCUT2D eigenvalue weighted by atomic mass is 16.5. The van der Waals surface area contributed by atoms with Crippen molar-refractivity contribution in [3.05, 3.63) is 54.0 Å². The van der Waals surface area contributed by atoms with Crippen LogP contribution in [0.5, 0.6) is 5.75 Å². The fraction of sp³-hybridized carbons (Fsp3) is 0.316. The first-order chi connectivity index (χ1) is 12.8. The van der Waals surface area contributed by atoms with Gasteiger partial charge >= 0.3 is 6.03 Å². The molecule has 8 nitrogen and oxygen atoms in total. The first-order valence-electron chi connectivity index (χ1n) is 8.41. The number of hydrogen-bond donors (Lipinski definition) is 2. The smallest absolute Gasteiger partial charge is 0.325 e. The number of hydrogen-bond acceptors (Lipinski definition) is 6. The molecule has 0 aliphatic carbocycles. The van der Waals surface area contributed by atoms with Gasteiger partial charge in [0, 0.05) is 5.56 Å². The van der Waals surface area contributed by atoms with Crippen molar-refractivity contribution in [2.45, 2.75) is 25.5 Å². The van der Waals surface area contributed by atoms with Crippen LogP contribution in [-0.2, 0) is 10.3 Å². The lowest BCUT2D eigenvalue weighted by Gasteiger charge is -2.20. The van der Waals surface area contributed by atoms with Gasteiger partial charge in [0.15, 0.2) is 11.3 Å². The second kappa shape index (κ2) is 7.24. The number of imide groups is 1. The number of β-amino-alcohol motifs (C(OH)–C–C–N with tert-alkyl or cyclic N) is 1. The van der Waals surface area contributed by atoms with E-state index >= 15 is 0 Å². The summed E-state index contributed by atoms with van der Waals surface area (Å²) in [5, 5.41) is 12.8. The molecule has 0 saturated carbocycles. The third-order valence-electron chi connectivity index (χ3n) is 4.39. The summed E-state index contributed by atoms with van der Waals surface area (Å²) in [5.74, 6) is 0.225. The highest BCUT2D eigenvalue weighted by molar-refractivity contribution is 6.06. The average Bonchev–Trinajstić information content (AvgIpc) is 3.25. The minimum Gasteiger partial charge on any atom is -0.491 e. The average molecular weight is 372 g/mol. The predicted molar refractivity (Wildman–Crippen MR) is 94.3 cm³/mol. The maximum atomic E-state index is 12.6. The first kappa shape index (κ1) is 18.7. The lowest BCUT2D eigenvalue weighted by Crippen LogP contribution is -2.42. The summed E-state index contributed by atoms with van der Waals surface area (Å²) in [5.41, 5.74) is -0.747. The van der Waals surface area contributed by atoms with Crippen molar-refractivity contribution in [1.29, 1.82) is 0 Å². The molecule has 2 N–H and O–H groups in total. The van der Waals surface area contributed by atoms with Crippen molar-refractivity contribution in [3.63, 3.8) is 0 Å². The number of carbonyl (C=O) groups is 3. The van der Waals surface area contributed by atoms with Crippen molar-refractivity contribution < 1.29 is 28.6 Å². The Labute approximate surface area is 155 Å². The van der Waals surface area contributed by atoms with E-state index < -0.39 is 23.6 Å². The second-order valence-corrected chi connectivity index (χ2v) is 6.49. The Hall–Kier alpha value is -3.13. The Bertz CT molecular complexity index is 846. The van der Waals surface area contributed by atoms with Gasteiger partial charge in [0.1, 0.15) is 24.2 Å². The second-order valence-electron chi connectivity index (χ2n) is 6.49. The Morgan fingerprint density at radius 2 is 2.00 bits per heavy atom. The number of Topliss-reactive ketones (excluding diaryl/α,β-unsaturated/α-hetero) is 1. The van der Waals surface area contributed by atoms with Crippen molar-refractivity contribution in [1.82, 2.24) is 10.2 Å². The SMILES string of the molecule is CC(=O)c1ccc(OC[C@@H](O)CN2C(=O)N[C@](C)(c3ccco3)C2=O)cc1. The molecule has 3 rings (SSSR count). The van der Waals surface area contributed by atoms with Crippen molar-refractivity contribution >= 4 is 17.7 Å². The molecular weight excluding hydrogens is 352 g/mol. The van der Waals surface area contributed by atoms with Crippen molar-refractivity contribution in [3.8, 4) is 5.75 Å². The quantitative estimate of drug-likeness (QED) is 0.565. The van der Waals surface area contributed by atoms with E-state index in [1.54, 1.807) is 43.3 Å². The summed E-state index contributed by atoms with van der Waals surface area (Å²) in [4.78, 5) is 37.0. The van der Waals surface area contributed by atoms with Gasteiger partial charge in [-0.3, -0.25) is 14.5 Å². The summed E-state index contributed by atoms with van der Waals surface area (Å²) in [6, 6.07) is 9.10. The van der Waals surface area contributed by atoms with E-state index in [4.69, 9.17) is 9.15 Å². The standard InChI is InChI=1S/C19H20N2O6/c1-12(22)13-5-7-15(8-6-13)27-11-14(23)10-21-17(24)19(2,20-18(21)25)16-4-3-9-26-16/h3-9,14,23H,10-11H2,1-2H3,(H,20,25)/t14-,19+/m0/s1. The van der Waals surface area contributed by atoms with Gasteiger partial charge in [0.05, 0.1) is 12.8 Å². The van der Waals surface area contributed by atoms with Crippen molar-refractivity contribution in [2.75, 3.05) is 13.2 Å². The summed E-state index contributed by atoms with van der Waals surface area (Å²) in [6.45, 7) is 2.68. The summed E-state index contributed by atoms with van der Waals surface area (Å²) in [7, 11) is 0. The van der Waals surface area contributed by atoms with Gasteiger partial charge in [-0.1, -0.05) is 0 Å². The monoisotopic (exact) mass is 372 g/mol. The third kappa shape index (κ3) is 3.70. The number of ether oxygens (including phenoxy) is 1. The number of aliphatic hydroxyl groups is 1. The fourth-order valence-electron chi connectivity index (χ4n) is 2.83. The van der Waals surface area contributed by atoms with Gasteiger partial charge in [0.25, 0.3) is 5.91 Å². The Kier molecular flexibility index (Phi) is 5.00. The maximum absolute atomic E-state index is 12.6.